The normalized spacial score (nSPS) is 25.0. The summed E-state index contributed by atoms with van der Waals surface area (Å²) in [5.41, 5.74) is 7.58. The number of nitrogens with two attached hydrogens (primary N) is 1. The Balaban J connectivity index is 2.01. The maximum Gasteiger partial charge on any atom is 0.122 e. The van der Waals surface area contributed by atoms with E-state index in [0.29, 0.717) is 4.99 Å². The monoisotopic (exact) mass is 263 g/mol. The molecule has 4 heteroatoms. The Kier molecular flexibility index (Phi) is 4.30. The fourth-order valence-electron chi connectivity index (χ4n) is 2.46. The summed E-state index contributed by atoms with van der Waals surface area (Å²) < 4.78 is 0. The maximum atomic E-state index is 5.61. The fraction of sp³-hybridized carbons (Fsp3) is 0.571. The topological polar surface area (TPSA) is 42.2 Å². The molecule has 2 atom stereocenters. The van der Waals surface area contributed by atoms with Gasteiger partial charge in [0, 0.05) is 19.3 Å². The zero-order chi connectivity index (χ0) is 13.1. The molecule has 2 heterocycles. The summed E-state index contributed by atoms with van der Waals surface area (Å²) in [6.07, 6.45) is 3.08. The van der Waals surface area contributed by atoms with E-state index in [9.17, 15) is 0 Å². The van der Waals surface area contributed by atoms with Crippen LogP contribution in [0.5, 0.6) is 0 Å². The summed E-state index contributed by atoms with van der Waals surface area (Å²) in [7, 11) is 0. The van der Waals surface area contributed by atoms with Crippen LogP contribution in [0.3, 0.4) is 0 Å². The third kappa shape index (κ3) is 3.27. The molecule has 0 radical (unpaired) electrons. The fourth-order valence-corrected chi connectivity index (χ4v) is 2.57. The number of hydrogen-bond acceptors (Lipinski definition) is 3. The van der Waals surface area contributed by atoms with Crippen LogP contribution in [0.15, 0.2) is 18.3 Å². The number of piperidine rings is 1. The van der Waals surface area contributed by atoms with Crippen LogP contribution in [-0.4, -0.2) is 28.0 Å². The molecule has 0 aromatic carbocycles. The lowest BCUT2D eigenvalue weighted by Crippen LogP contribution is -2.37. The second-order valence-electron chi connectivity index (χ2n) is 5.39. The van der Waals surface area contributed by atoms with E-state index in [2.05, 4.69) is 23.7 Å². The van der Waals surface area contributed by atoms with Gasteiger partial charge in [0.05, 0.1) is 5.69 Å². The Morgan fingerprint density at radius 1 is 1.50 bits per heavy atom. The van der Waals surface area contributed by atoms with Crippen molar-refractivity contribution in [3.05, 3.63) is 29.6 Å². The molecule has 2 N–H and O–H groups in total. The van der Waals surface area contributed by atoms with E-state index in [4.69, 9.17) is 18.0 Å². The molecule has 1 aliphatic heterocycles. The van der Waals surface area contributed by atoms with Gasteiger partial charge in [0.25, 0.3) is 0 Å². The van der Waals surface area contributed by atoms with Crippen LogP contribution in [0, 0.1) is 11.8 Å². The van der Waals surface area contributed by atoms with Gasteiger partial charge in [0.1, 0.15) is 4.99 Å². The number of rotatable bonds is 3. The highest BCUT2D eigenvalue weighted by Crippen LogP contribution is 2.23. The lowest BCUT2D eigenvalue weighted by Gasteiger charge is -2.35. The second-order valence-corrected chi connectivity index (χ2v) is 5.83. The first-order chi connectivity index (χ1) is 8.56. The molecular formula is C14H21N3S. The molecule has 18 heavy (non-hydrogen) atoms. The minimum atomic E-state index is 0.373. The van der Waals surface area contributed by atoms with E-state index in [0.717, 1.165) is 24.1 Å². The first kappa shape index (κ1) is 13.4. The molecule has 2 unspecified atom stereocenters. The van der Waals surface area contributed by atoms with Crippen molar-refractivity contribution < 1.29 is 0 Å². The predicted molar refractivity (Wildman–Crippen MR) is 78.3 cm³/mol. The van der Waals surface area contributed by atoms with Crippen LogP contribution >= 0.6 is 12.2 Å². The molecule has 2 rings (SSSR count). The van der Waals surface area contributed by atoms with Gasteiger partial charge in [-0.05, 0) is 42.5 Å². The van der Waals surface area contributed by atoms with E-state index < -0.39 is 0 Å². The Morgan fingerprint density at radius 2 is 2.28 bits per heavy atom. The van der Waals surface area contributed by atoms with E-state index in [1.54, 1.807) is 6.20 Å². The van der Waals surface area contributed by atoms with E-state index in [-0.39, 0.29) is 0 Å². The Bertz CT molecular complexity index is 433. The predicted octanol–water partition coefficient (Wildman–Crippen LogP) is 2.19. The highest BCUT2D eigenvalue weighted by Gasteiger charge is 2.22. The third-order valence-electron chi connectivity index (χ3n) is 3.90. The van der Waals surface area contributed by atoms with Gasteiger partial charge >= 0.3 is 0 Å². The molecule has 0 spiro atoms. The van der Waals surface area contributed by atoms with Crippen molar-refractivity contribution in [3.8, 4) is 0 Å². The van der Waals surface area contributed by atoms with Crippen molar-refractivity contribution in [2.45, 2.75) is 26.8 Å². The molecular weight excluding hydrogens is 242 g/mol. The van der Waals surface area contributed by atoms with E-state index in [1.807, 2.05) is 12.1 Å². The molecule has 1 fully saturated rings. The summed E-state index contributed by atoms with van der Waals surface area (Å²) in [4.78, 5) is 7.05. The number of pyridine rings is 1. The first-order valence-corrected chi connectivity index (χ1v) is 6.94. The smallest absolute Gasteiger partial charge is 0.122 e. The lowest BCUT2D eigenvalue weighted by molar-refractivity contribution is 0.132. The Labute approximate surface area is 114 Å². The van der Waals surface area contributed by atoms with Gasteiger partial charge in [-0.15, -0.1) is 0 Å². The quantitative estimate of drug-likeness (QED) is 0.849. The molecule has 0 saturated carbocycles. The van der Waals surface area contributed by atoms with Gasteiger partial charge in [0.2, 0.25) is 0 Å². The molecule has 1 aromatic rings. The van der Waals surface area contributed by atoms with Gasteiger partial charge in [-0.2, -0.15) is 0 Å². The zero-order valence-electron chi connectivity index (χ0n) is 11.1. The summed E-state index contributed by atoms with van der Waals surface area (Å²) in [5, 5.41) is 0. The number of thiocarbonyl (C=S) groups is 1. The van der Waals surface area contributed by atoms with E-state index in [1.165, 1.54) is 25.1 Å². The van der Waals surface area contributed by atoms with Crippen LogP contribution in [0.2, 0.25) is 0 Å². The van der Waals surface area contributed by atoms with Gasteiger partial charge in [-0.1, -0.05) is 26.1 Å². The highest BCUT2D eigenvalue weighted by molar-refractivity contribution is 7.80. The third-order valence-corrected chi connectivity index (χ3v) is 4.11. The number of hydrogen-bond donors (Lipinski definition) is 1. The first-order valence-electron chi connectivity index (χ1n) is 6.53. The molecule has 1 saturated heterocycles. The van der Waals surface area contributed by atoms with Crippen molar-refractivity contribution in [1.82, 2.24) is 9.88 Å². The summed E-state index contributed by atoms with van der Waals surface area (Å²) >= 11 is 4.96. The molecule has 3 nitrogen and oxygen atoms in total. The van der Waals surface area contributed by atoms with Crippen LogP contribution in [0.4, 0.5) is 0 Å². The number of nitrogens with zero attached hydrogens (tertiary/aromatic N) is 2. The van der Waals surface area contributed by atoms with Crippen molar-refractivity contribution >= 4 is 17.2 Å². The van der Waals surface area contributed by atoms with Gasteiger partial charge < -0.3 is 5.73 Å². The number of likely N-dealkylation sites (tertiary alicyclic amines) is 1. The number of aromatic nitrogens is 1. The van der Waals surface area contributed by atoms with Crippen LogP contribution in [0.25, 0.3) is 0 Å². The largest absolute Gasteiger partial charge is 0.388 e. The maximum absolute atomic E-state index is 5.61. The molecule has 0 amide bonds. The standard InChI is InChI=1S/C14H21N3S/c1-10-4-6-17(8-11(10)2)9-12-3-5-16-13(7-12)14(15)18/h3,5,7,10-11H,4,6,8-9H2,1-2H3,(H2,15,18). The van der Waals surface area contributed by atoms with Crippen LogP contribution in [-0.2, 0) is 6.54 Å². The Morgan fingerprint density at radius 3 is 2.94 bits per heavy atom. The van der Waals surface area contributed by atoms with Crippen molar-refractivity contribution in [2.24, 2.45) is 17.6 Å². The molecule has 98 valence electrons. The molecule has 1 aliphatic rings. The van der Waals surface area contributed by atoms with Gasteiger partial charge in [0.15, 0.2) is 0 Å². The minimum absolute atomic E-state index is 0.373. The van der Waals surface area contributed by atoms with Gasteiger partial charge in [-0.3, -0.25) is 9.88 Å². The van der Waals surface area contributed by atoms with Crippen LogP contribution in [0.1, 0.15) is 31.5 Å². The van der Waals surface area contributed by atoms with Crippen molar-refractivity contribution in [3.63, 3.8) is 0 Å². The summed E-state index contributed by atoms with van der Waals surface area (Å²) in [5.74, 6) is 1.61. The summed E-state index contributed by atoms with van der Waals surface area (Å²) in [6.45, 7) is 8.00. The Hall–Kier alpha value is -1.00. The highest BCUT2D eigenvalue weighted by atomic mass is 32.1. The molecule has 1 aromatic heterocycles. The van der Waals surface area contributed by atoms with Crippen molar-refractivity contribution in [1.29, 1.82) is 0 Å². The average Bonchev–Trinajstić information content (AvgIpc) is 2.34. The second kappa shape index (κ2) is 5.76. The lowest BCUT2D eigenvalue weighted by atomic mass is 9.88. The summed E-state index contributed by atoms with van der Waals surface area (Å²) in [6, 6.07) is 4.05. The van der Waals surface area contributed by atoms with Gasteiger partial charge in [-0.25, -0.2) is 0 Å². The van der Waals surface area contributed by atoms with Crippen LogP contribution < -0.4 is 5.73 Å². The zero-order valence-corrected chi connectivity index (χ0v) is 11.9. The van der Waals surface area contributed by atoms with Crippen molar-refractivity contribution in [2.75, 3.05) is 13.1 Å². The SMILES string of the molecule is CC1CCN(Cc2ccnc(C(N)=S)c2)CC1C. The average molecular weight is 263 g/mol. The van der Waals surface area contributed by atoms with E-state index >= 15 is 0 Å². The molecule has 0 bridgehead atoms. The molecule has 0 aliphatic carbocycles. The minimum Gasteiger partial charge on any atom is -0.388 e.